The van der Waals surface area contributed by atoms with Gasteiger partial charge in [0.25, 0.3) is 0 Å². The number of para-hydroxylation sites is 2. The molecule has 1 aliphatic heterocycles. The van der Waals surface area contributed by atoms with Crippen molar-refractivity contribution in [2.45, 2.75) is 33.1 Å². The molecule has 1 heterocycles. The summed E-state index contributed by atoms with van der Waals surface area (Å²) in [5.74, 6) is -0.659. The third kappa shape index (κ3) is 5.02. The van der Waals surface area contributed by atoms with Crippen molar-refractivity contribution >= 4 is 29.1 Å². The normalized spacial score (nSPS) is 15.3. The minimum atomic E-state index is -0.234. The SMILES string of the molecule is Cc1cccc(C)c1NC(=O)CN(C)C(=O)CCC1Cc2ccccc2NC1=O. The third-order valence-corrected chi connectivity index (χ3v) is 5.37. The van der Waals surface area contributed by atoms with Crippen molar-refractivity contribution in [3.8, 4) is 0 Å². The molecular formula is C23H27N3O3. The summed E-state index contributed by atoms with van der Waals surface area (Å²) in [5.41, 5.74) is 4.69. The quantitative estimate of drug-likeness (QED) is 0.790. The maximum Gasteiger partial charge on any atom is 0.243 e. The Labute approximate surface area is 171 Å². The van der Waals surface area contributed by atoms with Crippen LogP contribution in [0.25, 0.3) is 0 Å². The molecule has 0 spiro atoms. The van der Waals surface area contributed by atoms with Crippen LogP contribution < -0.4 is 10.6 Å². The predicted octanol–water partition coefficient (Wildman–Crippen LogP) is 3.29. The lowest BCUT2D eigenvalue weighted by molar-refractivity contribution is -0.133. The largest absolute Gasteiger partial charge is 0.336 e. The van der Waals surface area contributed by atoms with Gasteiger partial charge in [-0.3, -0.25) is 14.4 Å². The molecular weight excluding hydrogens is 366 g/mol. The second kappa shape index (κ2) is 8.90. The van der Waals surface area contributed by atoms with E-state index in [1.54, 1.807) is 7.05 Å². The van der Waals surface area contributed by atoms with E-state index in [9.17, 15) is 14.4 Å². The van der Waals surface area contributed by atoms with E-state index in [0.29, 0.717) is 12.8 Å². The molecule has 0 saturated heterocycles. The summed E-state index contributed by atoms with van der Waals surface area (Å²) < 4.78 is 0. The number of amides is 3. The highest BCUT2D eigenvalue weighted by Crippen LogP contribution is 2.27. The van der Waals surface area contributed by atoms with Crippen molar-refractivity contribution in [2.24, 2.45) is 5.92 Å². The van der Waals surface area contributed by atoms with Crippen LogP contribution in [0.3, 0.4) is 0 Å². The fourth-order valence-electron chi connectivity index (χ4n) is 3.63. The van der Waals surface area contributed by atoms with Crippen molar-refractivity contribution in [3.05, 3.63) is 59.2 Å². The van der Waals surface area contributed by atoms with Crippen molar-refractivity contribution in [3.63, 3.8) is 0 Å². The Balaban J connectivity index is 1.50. The average molecular weight is 393 g/mol. The number of carbonyl (C=O) groups is 3. The minimum absolute atomic E-state index is 0.0215. The van der Waals surface area contributed by atoms with E-state index in [1.165, 1.54) is 4.90 Å². The second-order valence-electron chi connectivity index (χ2n) is 7.65. The lowest BCUT2D eigenvalue weighted by atomic mass is 9.89. The minimum Gasteiger partial charge on any atom is -0.336 e. The zero-order valence-electron chi connectivity index (χ0n) is 17.1. The van der Waals surface area contributed by atoms with E-state index in [-0.39, 0.29) is 36.6 Å². The van der Waals surface area contributed by atoms with Gasteiger partial charge in [0, 0.05) is 30.8 Å². The number of nitrogens with one attached hydrogen (secondary N) is 2. The average Bonchev–Trinajstić information content (AvgIpc) is 2.69. The molecule has 0 aliphatic carbocycles. The van der Waals surface area contributed by atoms with Crippen molar-refractivity contribution in [2.75, 3.05) is 24.2 Å². The highest BCUT2D eigenvalue weighted by Gasteiger charge is 2.27. The summed E-state index contributed by atoms with van der Waals surface area (Å²) in [4.78, 5) is 38.5. The van der Waals surface area contributed by atoms with Crippen molar-refractivity contribution < 1.29 is 14.4 Å². The first-order valence-corrected chi connectivity index (χ1v) is 9.84. The van der Waals surface area contributed by atoms with Gasteiger partial charge < -0.3 is 15.5 Å². The standard InChI is InChI=1S/C23H27N3O3/c1-15-7-6-8-16(2)22(15)25-20(27)14-26(3)21(28)12-11-18-13-17-9-4-5-10-19(17)24-23(18)29/h4-10,18H,11-14H2,1-3H3,(H,24,29)(H,25,27). The van der Waals surface area contributed by atoms with E-state index in [1.807, 2.05) is 56.3 Å². The van der Waals surface area contributed by atoms with Crippen LogP contribution in [-0.4, -0.2) is 36.2 Å². The first-order valence-electron chi connectivity index (χ1n) is 9.84. The molecule has 0 aromatic heterocycles. The Morgan fingerprint density at radius 3 is 2.52 bits per heavy atom. The molecule has 1 atom stereocenters. The van der Waals surface area contributed by atoms with Crippen LogP contribution in [0.5, 0.6) is 0 Å². The summed E-state index contributed by atoms with van der Waals surface area (Å²) in [6, 6.07) is 13.5. The summed E-state index contributed by atoms with van der Waals surface area (Å²) >= 11 is 0. The number of hydrogen-bond acceptors (Lipinski definition) is 3. The van der Waals surface area contributed by atoms with Gasteiger partial charge in [-0.2, -0.15) is 0 Å². The predicted molar refractivity (Wildman–Crippen MR) is 114 cm³/mol. The van der Waals surface area contributed by atoms with Crippen LogP contribution in [0.1, 0.15) is 29.5 Å². The number of benzene rings is 2. The number of aryl methyl sites for hydroxylation is 2. The fourth-order valence-corrected chi connectivity index (χ4v) is 3.63. The highest BCUT2D eigenvalue weighted by molar-refractivity contribution is 5.97. The van der Waals surface area contributed by atoms with Crippen LogP contribution in [0.2, 0.25) is 0 Å². The Bertz CT molecular complexity index is 918. The van der Waals surface area contributed by atoms with Crippen LogP contribution in [0.15, 0.2) is 42.5 Å². The lowest BCUT2D eigenvalue weighted by Gasteiger charge is -2.25. The van der Waals surface area contributed by atoms with Gasteiger partial charge in [0.05, 0.1) is 6.54 Å². The van der Waals surface area contributed by atoms with Crippen LogP contribution in [0.4, 0.5) is 11.4 Å². The molecule has 0 saturated carbocycles. The summed E-state index contributed by atoms with van der Waals surface area (Å²) in [7, 11) is 1.61. The van der Waals surface area contributed by atoms with Gasteiger partial charge in [-0.25, -0.2) is 0 Å². The van der Waals surface area contributed by atoms with E-state index >= 15 is 0 Å². The highest BCUT2D eigenvalue weighted by atomic mass is 16.2. The molecule has 6 nitrogen and oxygen atoms in total. The Morgan fingerprint density at radius 2 is 1.79 bits per heavy atom. The molecule has 2 aromatic carbocycles. The number of fused-ring (bicyclic) bond motifs is 1. The molecule has 2 N–H and O–H groups in total. The Kier molecular flexibility index (Phi) is 6.32. The second-order valence-corrected chi connectivity index (χ2v) is 7.65. The molecule has 2 aromatic rings. The fraction of sp³-hybridized carbons (Fsp3) is 0.348. The Hall–Kier alpha value is -3.15. The first kappa shape index (κ1) is 20.6. The van der Waals surface area contributed by atoms with Crippen molar-refractivity contribution in [1.29, 1.82) is 0 Å². The topological polar surface area (TPSA) is 78.5 Å². The van der Waals surface area contributed by atoms with Crippen LogP contribution in [-0.2, 0) is 20.8 Å². The summed E-state index contributed by atoms with van der Waals surface area (Å²) in [6.45, 7) is 3.85. The first-order chi connectivity index (χ1) is 13.8. The van der Waals surface area contributed by atoms with E-state index in [4.69, 9.17) is 0 Å². The van der Waals surface area contributed by atoms with Gasteiger partial charge in [-0.1, -0.05) is 36.4 Å². The number of rotatable bonds is 6. The molecule has 3 rings (SSSR count). The summed E-state index contributed by atoms with van der Waals surface area (Å²) in [6.07, 6.45) is 1.32. The molecule has 6 heteroatoms. The molecule has 0 bridgehead atoms. The number of nitrogens with zero attached hydrogens (tertiary/aromatic N) is 1. The van der Waals surface area contributed by atoms with Crippen molar-refractivity contribution in [1.82, 2.24) is 4.90 Å². The number of hydrogen-bond donors (Lipinski definition) is 2. The van der Waals surface area contributed by atoms with Crippen LogP contribution >= 0.6 is 0 Å². The van der Waals surface area contributed by atoms with Gasteiger partial charge in [-0.15, -0.1) is 0 Å². The lowest BCUT2D eigenvalue weighted by Crippen LogP contribution is -2.36. The van der Waals surface area contributed by atoms with Gasteiger partial charge in [0.15, 0.2) is 0 Å². The van der Waals surface area contributed by atoms with E-state index < -0.39 is 0 Å². The van der Waals surface area contributed by atoms with Gasteiger partial charge in [-0.05, 0) is 49.4 Å². The molecule has 0 radical (unpaired) electrons. The van der Waals surface area contributed by atoms with Gasteiger partial charge in [0.2, 0.25) is 17.7 Å². The molecule has 0 fully saturated rings. The number of anilines is 2. The maximum absolute atomic E-state index is 12.5. The third-order valence-electron chi connectivity index (χ3n) is 5.37. The molecule has 29 heavy (non-hydrogen) atoms. The maximum atomic E-state index is 12.5. The zero-order chi connectivity index (χ0) is 21.0. The monoisotopic (exact) mass is 393 g/mol. The molecule has 1 aliphatic rings. The Morgan fingerprint density at radius 1 is 1.10 bits per heavy atom. The molecule has 152 valence electrons. The van der Waals surface area contributed by atoms with Crippen LogP contribution in [0, 0.1) is 19.8 Å². The van der Waals surface area contributed by atoms with Gasteiger partial charge >= 0.3 is 0 Å². The molecule has 3 amide bonds. The smallest absolute Gasteiger partial charge is 0.243 e. The number of carbonyl (C=O) groups excluding carboxylic acids is 3. The molecule has 1 unspecified atom stereocenters. The number of likely N-dealkylation sites (N-methyl/N-ethyl adjacent to an activating group) is 1. The van der Waals surface area contributed by atoms with Gasteiger partial charge in [0.1, 0.15) is 0 Å². The summed E-state index contributed by atoms with van der Waals surface area (Å²) in [5, 5.41) is 5.80. The van der Waals surface area contributed by atoms with E-state index in [0.717, 1.165) is 28.1 Å². The van der Waals surface area contributed by atoms with E-state index in [2.05, 4.69) is 10.6 Å². The zero-order valence-corrected chi connectivity index (χ0v) is 17.1.